The summed E-state index contributed by atoms with van der Waals surface area (Å²) >= 11 is 7.59. The van der Waals surface area contributed by atoms with Crippen molar-refractivity contribution in [2.75, 3.05) is 4.72 Å². The number of anilines is 1. The number of carbonyl (C=O) groups is 1. The molecule has 2 heterocycles. The lowest BCUT2D eigenvalue weighted by atomic mass is 10.4. The molecule has 2 aromatic rings. The van der Waals surface area contributed by atoms with Gasteiger partial charge < -0.3 is 0 Å². The van der Waals surface area contributed by atoms with Crippen LogP contribution in [-0.4, -0.2) is 24.2 Å². The topological polar surface area (TPSA) is 89.0 Å². The molecule has 0 saturated carbocycles. The van der Waals surface area contributed by atoms with Crippen molar-refractivity contribution in [1.29, 1.82) is 0 Å². The van der Waals surface area contributed by atoms with E-state index in [0.717, 1.165) is 22.7 Å². The van der Waals surface area contributed by atoms with E-state index < -0.39 is 10.0 Å². The largest absolute Gasteiger partial charge is 0.293 e. The van der Waals surface area contributed by atoms with Crippen molar-refractivity contribution in [3.8, 4) is 0 Å². The average Bonchev–Trinajstić information content (AvgIpc) is 2.85. The Balaban J connectivity index is 2.31. The smallest absolute Gasteiger partial charge is 0.275 e. The molecule has 6 nitrogen and oxygen atoms in total. The number of hydrogen-bond donors (Lipinski definition) is 1. The summed E-state index contributed by atoms with van der Waals surface area (Å²) in [6.45, 7) is 2.92. The summed E-state index contributed by atoms with van der Waals surface area (Å²) in [4.78, 5) is 18.8. The van der Waals surface area contributed by atoms with Crippen LogP contribution in [0.4, 0.5) is 5.13 Å². The molecule has 2 aromatic heterocycles. The zero-order chi connectivity index (χ0) is 14.2. The van der Waals surface area contributed by atoms with E-state index in [0.29, 0.717) is 5.69 Å². The molecule has 0 saturated heterocycles. The molecular formula is C9H8ClN3O3S3. The molecule has 0 unspecified atom stereocenters. The first-order valence-corrected chi connectivity index (χ1v) is 8.47. The Morgan fingerprint density at radius 1 is 1.42 bits per heavy atom. The number of thiazole rings is 2. The van der Waals surface area contributed by atoms with Crippen LogP contribution in [0.25, 0.3) is 0 Å². The van der Waals surface area contributed by atoms with Gasteiger partial charge in [-0.1, -0.05) is 22.9 Å². The Morgan fingerprint density at radius 2 is 2.11 bits per heavy atom. The van der Waals surface area contributed by atoms with Crippen molar-refractivity contribution in [3.63, 3.8) is 0 Å². The highest BCUT2D eigenvalue weighted by atomic mass is 35.5. The summed E-state index contributed by atoms with van der Waals surface area (Å²) in [6, 6.07) is 0. The SMILES string of the molecule is CC(=O)c1csc(NS(=O)(=O)c2sc(Cl)nc2C)n1. The van der Waals surface area contributed by atoms with E-state index >= 15 is 0 Å². The van der Waals surface area contributed by atoms with Crippen LogP contribution in [-0.2, 0) is 10.0 Å². The molecule has 0 atom stereocenters. The molecule has 0 amide bonds. The summed E-state index contributed by atoms with van der Waals surface area (Å²) in [7, 11) is -3.78. The molecular weight excluding hydrogens is 330 g/mol. The number of Topliss-reactive ketones (excluding diaryl/α,β-unsaturated/α-hetero) is 1. The second-order valence-electron chi connectivity index (χ2n) is 3.54. The Hall–Kier alpha value is -1.03. The van der Waals surface area contributed by atoms with E-state index in [9.17, 15) is 13.2 Å². The summed E-state index contributed by atoms with van der Waals surface area (Å²) in [5.74, 6) is -0.223. The van der Waals surface area contributed by atoms with Crippen molar-refractivity contribution < 1.29 is 13.2 Å². The first-order valence-electron chi connectivity index (χ1n) is 4.92. The fraction of sp³-hybridized carbons (Fsp3) is 0.222. The molecule has 0 aliphatic rings. The molecule has 102 valence electrons. The third-order valence-corrected chi connectivity index (χ3v) is 6.16. The average molecular weight is 338 g/mol. The number of nitrogens with zero attached hydrogens (tertiary/aromatic N) is 2. The second-order valence-corrected chi connectivity index (χ2v) is 7.86. The molecule has 0 bridgehead atoms. The zero-order valence-corrected chi connectivity index (χ0v) is 13.0. The van der Waals surface area contributed by atoms with Crippen LogP contribution in [0.15, 0.2) is 9.59 Å². The maximum atomic E-state index is 12.1. The molecule has 0 spiro atoms. The number of sulfonamides is 1. The molecule has 19 heavy (non-hydrogen) atoms. The fourth-order valence-electron chi connectivity index (χ4n) is 1.24. The molecule has 0 fully saturated rings. The van der Waals surface area contributed by atoms with Gasteiger partial charge in [-0.15, -0.1) is 11.3 Å². The normalized spacial score (nSPS) is 11.5. The van der Waals surface area contributed by atoms with E-state index in [2.05, 4.69) is 14.7 Å². The van der Waals surface area contributed by atoms with Gasteiger partial charge in [0.1, 0.15) is 5.69 Å². The second kappa shape index (κ2) is 5.16. The van der Waals surface area contributed by atoms with Gasteiger partial charge in [0.2, 0.25) is 0 Å². The molecule has 0 radical (unpaired) electrons. The minimum atomic E-state index is -3.78. The van der Waals surface area contributed by atoms with Crippen molar-refractivity contribution in [1.82, 2.24) is 9.97 Å². The quantitative estimate of drug-likeness (QED) is 0.866. The summed E-state index contributed by atoms with van der Waals surface area (Å²) < 4.78 is 26.7. The molecule has 0 aliphatic heterocycles. The monoisotopic (exact) mass is 337 g/mol. The van der Waals surface area contributed by atoms with Gasteiger partial charge >= 0.3 is 0 Å². The number of ketones is 1. The zero-order valence-electron chi connectivity index (χ0n) is 9.80. The van der Waals surface area contributed by atoms with Gasteiger partial charge in [0.15, 0.2) is 19.6 Å². The molecule has 10 heteroatoms. The maximum absolute atomic E-state index is 12.1. The number of carbonyl (C=O) groups excluding carboxylic acids is 1. The van der Waals surface area contributed by atoms with Gasteiger partial charge in [0.05, 0.1) is 5.69 Å². The van der Waals surface area contributed by atoms with Crippen LogP contribution in [0, 0.1) is 6.92 Å². The van der Waals surface area contributed by atoms with Crippen LogP contribution in [0.3, 0.4) is 0 Å². The summed E-state index contributed by atoms with van der Waals surface area (Å²) in [6.07, 6.45) is 0. The Labute approximate surface area is 122 Å². The molecule has 1 N–H and O–H groups in total. The predicted octanol–water partition coefficient (Wildman–Crippen LogP) is 2.56. The molecule has 2 rings (SSSR count). The summed E-state index contributed by atoms with van der Waals surface area (Å²) in [5.41, 5.74) is 0.549. The summed E-state index contributed by atoms with van der Waals surface area (Å²) in [5, 5.41) is 1.63. The Bertz CT molecular complexity index is 735. The standard InChI is InChI=1S/C9H8ClN3O3S3/c1-4-7(18-8(10)11-4)19(15,16)13-9-12-6(3-17-9)5(2)14/h3H,1-2H3,(H,12,13). The third kappa shape index (κ3) is 3.11. The van der Waals surface area contributed by atoms with Crippen LogP contribution in [0.1, 0.15) is 23.1 Å². The lowest BCUT2D eigenvalue weighted by Crippen LogP contribution is -2.12. The minimum absolute atomic E-state index is 0.0390. The highest BCUT2D eigenvalue weighted by Gasteiger charge is 2.23. The number of halogens is 1. The third-order valence-electron chi connectivity index (χ3n) is 2.06. The number of nitrogens with one attached hydrogen (secondary N) is 1. The fourth-order valence-corrected chi connectivity index (χ4v) is 4.99. The van der Waals surface area contributed by atoms with Crippen LogP contribution in [0.2, 0.25) is 4.47 Å². The lowest BCUT2D eigenvalue weighted by Gasteiger charge is -2.02. The molecule has 0 aliphatic carbocycles. The lowest BCUT2D eigenvalue weighted by molar-refractivity contribution is 0.101. The number of aryl methyl sites for hydroxylation is 1. The van der Waals surface area contributed by atoms with E-state index in [-0.39, 0.29) is 25.3 Å². The first-order chi connectivity index (χ1) is 8.79. The van der Waals surface area contributed by atoms with Gasteiger partial charge in [0, 0.05) is 12.3 Å². The maximum Gasteiger partial charge on any atom is 0.275 e. The van der Waals surface area contributed by atoms with Crippen LogP contribution < -0.4 is 4.72 Å². The first kappa shape index (κ1) is 14.4. The number of hydrogen-bond acceptors (Lipinski definition) is 7. The van der Waals surface area contributed by atoms with Gasteiger partial charge in [0.25, 0.3) is 10.0 Å². The van der Waals surface area contributed by atoms with Gasteiger partial charge in [-0.2, -0.15) is 0 Å². The van der Waals surface area contributed by atoms with Crippen LogP contribution in [0.5, 0.6) is 0 Å². The van der Waals surface area contributed by atoms with Gasteiger partial charge in [-0.05, 0) is 6.92 Å². The van der Waals surface area contributed by atoms with Crippen molar-refractivity contribution in [2.24, 2.45) is 0 Å². The highest BCUT2D eigenvalue weighted by molar-refractivity contribution is 7.95. The Morgan fingerprint density at radius 3 is 2.58 bits per heavy atom. The van der Waals surface area contributed by atoms with Crippen molar-refractivity contribution >= 4 is 55.2 Å². The van der Waals surface area contributed by atoms with Gasteiger partial charge in [-0.3, -0.25) is 9.52 Å². The van der Waals surface area contributed by atoms with Gasteiger partial charge in [-0.25, -0.2) is 18.4 Å². The van der Waals surface area contributed by atoms with E-state index in [1.54, 1.807) is 6.92 Å². The Kier molecular flexibility index (Phi) is 3.90. The van der Waals surface area contributed by atoms with E-state index in [1.165, 1.54) is 12.3 Å². The molecule has 0 aromatic carbocycles. The minimum Gasteiger partial charge on any atom is -0.293 e. The van der Waals surface area contributed by atoms with Crippen LogP contribution >= 0.6 is 34.3 Å². The van der Waals surface area contributed by atoms with E-state index in [1.807, 2.05) is 0 Å². The van der Waals surface area contributed by atoms with Crippen molar-refractivity contribution in [3.05, 3.63) is 21.2 Å². The number of aromatic nitrogens is 2. The highest BCUT2D eigenvalue weighted by Crippen LogP contribution is 2.29. The number of rotatable bonds is 4. The van der Waals surface area contributed by atoms with E-state index in [4.69, 9.17) is 11.6 Å². The predicted molar refractivity (Wildman–Crippen MR) is 74.8 cm³/mol. The van der Waals surface area contributed by atoms with Crippen molar-refractivity contribution in [2.45, 2.75) is 18.1 Å².